The Kier molecular flexibility index (Phi) is 6.34. The van der Waals surface area contributed by atoms with E-state index in [1.165, 1.54) is 0 Å². The Balaban J connectivity index is 1.24. The van der Waals surface area contributed by atoms with Crippen LogP contribution in [0.5, 0.6) is 6.01 Å². The molecule has 6 heterocycles. The Labute approximate surface area is 253 Å². The first-order valence-electron chi connectivity index (χ1n) is 15.1. The lowest BCUT2D eigenvalue weighted by Crippen LogP contribution is -2.55. The third-order valence-corrected chi connectivity index (χ3v) is 10.4. The zero-order valence-corrected chi connectivity index (χ0v) is 24.4. The maximum absolute atomic E-state index is 16.7. The molecule has 4 saturated heterocycles. The molecule has 0 saturated carbocycles. The molecule has 2 aromatic carbocycles. The number of pyridine rings is 1. The fraction of sp³-hybridized carbons (Fsp3) is 0.438. The first-order valence-corrected chi connectivity index (χ1v) is 15.5. The third-order valence-electron chi connectivity index (χ3n) is 10.0. The zero-order valence-electron chi connectivity index (χ0n) is 23.7. The molecule has 4 fully saturated rings. The average molecular weight is 603 g/mol. The minimum atomic E-state index is -0.897. The van der Waals surface area contributed by atoms with Crippen LogP contribution in [-0.2, 0) is 0 Å². The Morgan fingerprint density at radius 1 is 1.07 bits per heavy atom. The largest absolute Gasteiger partial charge is 0.465 e. The van der Waals surface area contributed by atoms with E-state index in [-0.39, 0.29) is 34.8 Å². The van der Waals surface area contributed by atoms with Crippen LogP contribution in [0.1, 0.15) is 38.5 Å². The Bertz CT molecular complexity index is 1740. The maximum atomic E-state index is 16.7. The summed E-state index contributed by atoms with van der Waals surface area (Å²) < 4.78 is 23.0. The lowest BCUT2D eigenvalue weighted by Gasteiger charge is -2.40. The van der Waals surface area contributed by atoms with Crippen LogP contribution >= 0.6 is 11.6 Å². The van der Waals surface area contributed by atoms with E-state index in [0.717, 1.165) is 62.4 Å². The molecule has 43 heavy (non-hydrogen) atoms. The molecule has 11 heteroatoms. The summed E-state index contributed by atoms with van der Waals surface area (Å²) in [4.78, 5) is 32.2. The number of hydrogen-bond acceptors (Lipinski definition) is 7. The topological polar surface area (TPSA) is 94.9 Å². The van der Waals surface area contributed by atoms with Crippen LogP contribution in [-0.4, -0.2) is 86.4 Å². The highest BCUT2D eigenvalue weighted by Gasteiger charge is 2.46. The van der Waals surface area contributed by atoms with Gasteiger partial charge in [-0.15, -0.1) is 0 Å². The number of anilines is 1. The summed E-state index contributed by atoms with van der Waals surface area (Å²) in [6, 6.07) is 11.1. The van der Waals surface area contributed by atoms with Crippen molar-refractivity contribution < 1.29 is 19.0 Å². The summed E-state index contributed by atoms with van der Waals surface area (Å²) in [5.41, 5.74) is 0.861. The van der Waals surface area contributed by atoms with Gasteiger partial charge in [0.25, 0.3) is 0 Å². The van der Waals surface area contributed by atoms with Gasteiger partial charge >= 0.3 is 12.1 Å². The molecule has 0 unspecified atom stereocenters. The van der Waals surface area contributed by atoms with Crippen molar-refractivity contribution >= 4 is 45.2 Å². The number of carboxylic acid groups (broad SMARTS) is 1. The quantitative estimate of drug-likeness (QED) is 0.298. The third kappa shape index (κ3) is 4.29. The van der Waals surface area contributed by atoms with Crippen molar-refractivity contribution in [3.63, 3.8) is 0 Å². The van der Waals surface area contributed by atoms with Crippen molar-refractivity contribution in [3.05, 3.63) is 53.4 Å². The molecule has 0 aliphatic carbocycles. The molecule has 2 atom stereocenters. The van der Waals surface area contributed by atoms with Crippen molar-refractivity contribution in [1.82, 2.24) is 24.8 Å². The van der Waals surface area contributed by atoms with Gasteiger partial charge in [-0.2, -0.15) is 9.97 Å². The number of nitrogens with zero attached hydrogens (tertiary/aromatic N) is 6. The minimum absolute atomic E-state index is 0.0215. The van der Waals surface area contributed by atoms with Gasteiger partial charge in [0.1, 0.15) is 23.6 Å². The van der Waals surface area contributed by atoms with Crippen LogP contribution in [0.2, 0.25) is 5.02 Å². The molecule has 4 aromatic rings. The molecule has 0 radical (unpaired) electrons. The molecule has 2 bridgehead atoms. The van der Waals surface area contributed by atoms with Crippen LogP contribution in [0.3, 0.4) is 0 Å². The van der Waals surface area contributed by atoms with Crippen LogP contribution in [0.4, 0.5) is 15.0 Å². The minimum Gasteiger partial charge on any atom is -0.465 e. The first-order chi connectivity index (χ1) is 20.9. The number of halogens is 2. The van der Waals surface area contributed by atoms with Gasteiger partial charge in [-0.25, -0.2) is 9.18 Å². The lowest BCUT2D eigenvalue weighted by atomic mass is 9.95. The normalized spacial score (nSPS) is 22.9. The highest BCUT2D eigenvalue weighted by molar-refractivity contribution is 6.36. The SMILES string of the molecule is O=C(O)N1[C@@H]2CC[C@H]1CN(c1nc(OCC34CCCN3CCC4)nc3c(F)c(-c4cccc5cccc(Cl)c45)ncc13)C2. The van der Waals surface area contributed by atoms with E-state index in [1.807, 2.05) is 30.3 Å². The van der Waals surface area contributed by atoms with E-state index in [1.54, 1.807) is 17.2 Å². The zero-order chi connectivity index (χ0) is 29.3. The molecule has 222 valence electrons. The van der Waals surface area contributed by atoms with E-state index in [4.69, 9.17) is 21.3 Å². The molecule has 1 N–H and O–H groups in total. The van der Waals surface area contributed by atoms with Crippen molar-refractivity contribution in [3.8, 4) is 17.3 Å². The maximum Gasteiger partial charge on any atom is 0.407 e. The highest BCUT2D eigenvalue weighted by Crippen LogP contribution is 2.41. The number of ether oxygens (including phenoxy) is 1. The van der Waals surface area contributed by atoms with Crippen LogP contribution in [0, 0.1) is 5.82 Å². The second-order valence-electron chi connectivity index (χ2n) is 12.3. The number of rotatable bonds is 5. The lowest BCUT2D eigenvalue weighted by molar-refractivity contribution is 0.107. The van der Waals surface area contributed by atoms with E-state index in [0.29, 0.717) is 41.5 Å². The van der Waals surface area contributed by atoms with Gasteiger partial charge in [0.05, 0.1) is 23.0 Å². The van der Waals surface area contributed by atoms with E-state index in [9.17, 15) is 9.90 Å². The second kappa shape index (κ2) is 10.2. The van der Waals surface area contributed by atoms with Crippen molar-refractivity contribution in [2.45, 2.75) is 56.1 Å². The highest BCUT2D eigenvalue weighted by atomic mass is 35.5. The van der Waals surface area contributed by atoms with Gasteiger partial charge in [0.2, 0.25) is 0 Å². The summed E-state index contributed by atoms with van der Waals surface area (Å²) in [7, 11) is 0. The number of amides is 1. The Morgan fingerprint density at radius 3 is 2.51 bits per heavy atom. The predicted molar refractivity (Wildman–Crippen MR) is 162 cm³/mol. The number of piperazine rings is 1. The number of fused-ring (bicyclic) bond motifs is 5. The molecule has 0 spiro atoms. The molecular weight excluding hydrogens is 571 g/mol. The summed E-state index contributed by atoms with van der Waals surface area (Å²) in [5.74, 6) is -0.0323. The molecule has 8 rings (SSSR count). The molecule has 2 aromatic heterocycles. The van der Waals surface area contributed by atoms with Gasteiger partial charge < -0.3 is 14.7 Å². The monoisotopic (exact) mass is 602 g/mol. The standard InChI is InChI=1S/C32H32ClFN6O3/c33-24-8-2-6-19-5-1-7-22(25(19)24)27-26(34)28-23(15-35-27)29(38-16-20-9-10-21(17-38)40(20)31(41)42)37-30(36-28)43-18-32-11-3-13-39(32)14-4-12-32/h1-2,5-8,15,20-21H,3-4,9-14,16-18H2,(H,41,42)/t20-,21+. The summed E-state index contributed by atoms with van der Waals surface area (Å²) in [6.07, 6.45) is 6.72. The van der Waals surface area contributed by atoms with E-state index < -0.39 is 11.9 Å². The average Bonchev–Trinajstić information content (AvgIpc) is 3.67. The van der Waals surface area contributed by atoms with Crippen molar-refractivity contribution in [2.75, 3.05) is 37.7 Å². The van der Waals surface area contributed by atoms with Gasteiger partial charge in [-0.1, -0.05) is 41.9 Å². The van der Waals surface area contributed by atoms with Gasteiger partial charge in [-0.05, 0) is 63.1 Å². The summed E-state index contributed by atoms with van der Waals surface area (Å²) in [5, 5.41) is 12.4. The molecule has 4 aliphatic rings. The summed E-state index contributed by atoms with van der Waals surface area (Å²) in [6.45, 7) is 3.53. The number of carbonyl (C=O) groups is 1. The Hall–Kier alpha value is -3.76. The van der Waals surface area contributed by atoms with Crippen LogP contribution < -0.4 is 9.64 Å². The van der Waals surface area contributed by atoms with E-state index in [2.05, 4.69) is 19.8 Å². The van der Waals surface area contributed by atoms with Gasteiger partial charge in [-0.3, -0.25) is 14.8 Å². The molecule has 4 aliphatic heterocycles. The number of aromatic nitrogens is 3. The summed E-state index contributed by atoms with van der Waals surface area (Å²) >= 11 is 6.60. The van der Waals surface area contributed by atoms with Crippen molar-refractivity contribution in [2.24, 2.45) is 0 Å². The number of hydrogen-bond donors (Lipinski definition) is 1. The predicted octanol–water partition coefficient (Wildman–Crippen LogP) is 5.98. The van der Waals surface area contributed by atoms with Crippen LogP contribution in [0.15, 0.2) is 42.6 Å². The first kappa shape index (κ1) is 26.8. The van der Waals surface area contributed by atoms with Crippen molar-refractivity contribution in [1.29, 1.82) is 0 Å². The fourth-order valence-electron chi connectivity index (χ4n) is 8.06. The fourth-order valence-corrected chi connectivity index (χ4v) is 8.34. The van der Waals surface area contributed by atoms with E-state index >= 15 is 4.39 Å². The van der Waals surface area contributed by atoms with Gasteiger partial charge in [0, 0.05) is 35.3 Å². The molecule has 9 nitrogen and oxygen atoms in total. The second-order valence-corrected chi connectivity index (χ2v) is 12.8. The smallest absolute Gasteiger partial charge is 0.407 e. The number of benzene rings is 2. The van der Waals surface area contributed by atoms with Gasteiger partial charge in [0.15, 0.2) is 5.82 Å². The molecule has 1 amide bonds. The Morgan fingerprint density at radius 2 is 1.79 bits per heavy atom. The van der Waals surface area contributed by atoms with Crippen LogP contribution in [0.25, 0.3) is 32.9 Å². The molecular formula is C32H32ClFN6O3.